The van der Waals surface area contributed by atoms with Gasteiger partial charge in [-0.05, 0) is 19.9 Å². The van der Waals surface area contributed by atoms with Gasteiger partial charge in [0.25, 0.3) is 0 Å². The molecule has 0 saturated heterocycles. The number of aryl methyl sites for hydroxylation is 2. The molecular weight excluding hydrogens is 374 g/mol. The van der Waals surface area contributed by atoms with Gasteiger partial charge in [-0.25, -0.2) is 4.98 Å². The summed E-state index contributed by atoms with van der Waals surface area (Å²) in [6, 6.07) is 14.0. The molecule has 1 atom stereocenters. The maximum absolute atomic E-state index is 11.0. The summed E-state index contributed by atoms with van der Waals surface area (Å²) < 4.78 is 11.6. The van der Waals surface area contributed by atoms with Crippen molar-refractivity contribution in [1.29, 1.82) is 0 Å². The van der Waals surface area contributed by atoms with Gasteiger partial charge >= 0.3 is 5.97 Å². The number of rotatable bonds is 6. The highest BCUT2D eigenvalue weighted by molar-refractivity contribution is 7.15. The SMILES string of the molecule is Cc1ccc(-c2nc(C)c(COc3ccc4c(c3)OCC4CC(=O)O)s2)cc1. The Bertz CT molecular complexity index is 1010. The van der Waals surface area contributed by atoms with Gasteiger partial charge in [-0.15, -0.1) is 11.3 Å². The molecule has 0 spiro atoms. The molecule has 0 aliphatic carbocycles. The first kappa shape index (κ1) is 18.5. The van der Waals surface area contributed by atoms with E-state index in [0.717, 1.165) is 26.7 Å². The molecule has 1 aliphatic rings. The normalized spacial score (nSPS) is 15.1. The molecule has 4 rings (SSSR count). The van der Waals surface area contributed by atoms with E-state index < -0.39 is 5.97 Å². The fraction of sp³-hybridized carbons (Fsp3) is 0.273. The molecule has 1 N–H and O–H groups in total. The number of aromatic nitrogens is 1. The van der Waals surface area contributed by atoms with Crippen molar-refractivity contribution in [2.24, 2.45) is 0 Å². The van der Waals surface area contributed by atoms with Crippen molar-refractivity contribution in [3.63, 3.8) is 0 Å². The van der Waals surface area contributed by atoms with E-state index >= 15 is 0 Å². The van der Waals surface area contributed by atoms with Gasteiger partial charge in [0, 0.05) is 23.1 Å². The fourth-order valence-electron chi connectivity index (χ4n) is 3.26. The number of thiazole rings is 1. The van der Waals surface area contributed by atoms with Crippen LogP contribution in [0.3, 0.4) is 0 Å². The van der Waals surface area contributed by atoms with Crippen LogP contribution >= 0.6 is 11.3 Å². The minimum absolute atomic E-state index is 0.0784. The lowest BCUT2D eigenvalue weighted by Gasteiger charge is -2.08. The van der Waals surface area contributed by atoms with Gasteiger partial charge in [0.15, 0.2) is 0 Å². The van der Waals surface area contributed by atoms with Crippen LogP contribution in [0.15, 0.2) is 42.5 Å². The van der Waals surface area contributed by atoms with Crippen LogP contribution in [-0.4, -0.2) is 22.7 Å². The van der Waals surface area contributed by atoms with Gasteiger partial charge < -0.3 is 14.6 Å². The lowest BCUT2D eigenvalue weighted by Crippen LogP contribution is -2.07. The standard InChI is InChI=1S/C22H21NO4S/c1-13-3-5-15(6-4-13)22-23-14(2)20(28-22)12-26-17-7-8-18-16(9-21(24)25)11-27-19(18)10-17/h3-8,10,16H,9,11-12H2,1-2H3,(H,24,25). The topological polar surface area (TPSA) is 68.7 Å². The van der Waals surface area contributed by atoms with Crippen molar-refractivity contribution >= 4 is 17.3 Å². The van der Waals surface area contributed by atoms with Crippen molar-refractivity contribution < 1.29 is 19.4 Å². The summed E-state index contributed by atoms with van der Waals surface area (Å²) in [5.41, 5.74) is 4.25. The van der Waals surface area contributed by atoms with Crippen molar-refractivity contribution in [2.45, 2.75) is 32.8 Å². The number of hydrogen-bond donors (Lipinski definition) is 1. The number of carbonyl (C=O) groups is 1. The second-order valence-corrected chi connectivity index (χ2v) is 8.07. The molecule has 2 heterocycles. The zero-order chi connectivity index (χ0) is 19.7. The van der Waals surface area contributed by atoms with Crippen LogP contribution in [0.5, 0.6) is 11.5 Å². The number of hydrogen-bond acceptors (Lipinski definition) is 5. The smallest absolute Gasteiger partial charge is 0.304 e. The van der Waals surface area contributed by atoms with Crippen molar-refractivity contribution in [3.05, 3.63) is 64.2 Å². The second kappa shape index (κ2) is 7.64. The van der Waals surface area contributed by atoms with E-state index in [1.165, 1.54) is 5.56 Å². The molecule has 1 aliphatic heterocycles. The van der Waals surface area contributed by atoms with Gasteiger partial charge in [-0.2, -0.15) is 0 Å². The number of carboxylic acids is 1. The molecule has 0 fully saturated rings. The molecule has 1 unspecified atom stereocenters. The lowest BCUT2D eigenvalue weighted by atomic mass is 9.98. The first-order chi connectivity index (χ1) is 13.5. The van der Waals surface area contributed by atoms with Crippen LogP contribution in [-0.2, 0) is 11.4 Å². The summed E-state index contributed by atoms with van der Waals surface area (Å²) in [6.45, 7) is 4.90. The Kier molecular flexibility index (Phi) is 5.05. The highest BCUT2D eigenvalue weighted by Crippen LogP contribution is 2.38. The molecule has 3 aromatic rings. The van der Waals surface area contributed by atoms with Gasteiger partial charge in [0.1, 0.15) is 23.1 Å². The molecule has 2 aromatic carbocycles. The van der Waals surface area contributed by atoms with Crippen molar-refractivity contribution in [2.75, 3.05) is 6.61 Å². The molecule has 28 heavy (non-hydrogen) atoms. The predicted octanol–water partition coefficient (Wildman–Crippen LogP) is 4.96. The molecule has 5 nitrogen and oxygen atoms in total. The van der Waals surface area contributed by atoms with Gasteiger partial charge in [-0.1, -0.05) is 35.9 Å². The Morgan fingerprint density at radius 3 is 2.79 bits per heavy atom. The summed E-state index contributed by atoms with van der Waals surface area (Å²) in [5.74, 6) is 0.513. The Balaban J connectivity index is 1.45. The quantitative estimate of drug-likeness (QED) is 0.639. The summed E-state index contributed by atoms with van der Waals surface area (Å²) in [6.07, 6.45) is 0.0784. The zero-order valence-corrected chi connectivity index (χ0v) is 16.6. The van der Waals surface area contributed by atoms with E-state index in [2.05, 4.69) is 36.2 Å². The van der Waals surface area contributed by atoms with Crippen LogP contribution < -0.4 is 9.47 Å². The largest absolute Gasteiger partial charge is 0.492 e. The first-order valence-corrected chi connectivity index (χ1v) is 9.96. The summed E-state index contributed by atoms with van der Waals surface area (Å²) in [7, 11) is 0. The van der Waals surface area contributed by atoms with E-state index in [0.29, 0.717) is 24.7 Å². The molecule has 0 saturated carbocycles. The van der Waals surface area contributed by atoms with Crippen molar-refractivity contribution in [3.8, 4) is 22.1 Å². The van der Waals surface area contributed by atoms with E-state index in [1.54, 1.807) is 11.3 Å². The third-order valence-corrected chi connectivity index (χ3v) is 6.03. The van der Waals surface area contributed by atoms with Gasteiger partial charge in [-0.3, -0.25) is 4.79 Å². The summed E-state index contributed by atoms with van der Waals surface area (Å²) in [5, 5.41) is 9.99. The summed E-state index contributed by atoms with van der Waals surface area (Å²) in [4.78, 5) is 16.7. The Labute approximate surface area is 167 Å². The molecule has 6 heteroatoms. The number of ether oxygens (including phenoxy) is 2. The number of carboxylic acid groups (broad SMARTS) is 1. The van der Waals surface area contributed by atoms with E-state index in [4.69, 9.17) is 14.6 Å². The lowest BCUT2D eigenvalue weighted by molar-refractivity contribution is -0.137. The molecule has 1 aromatic heterocycles. The van der Waals surface area contributed by atoms with Crippen LogP contribution in [0.2, 0.25) is 0 Å². The molecule has 144 valence electrons. The monoisotopic (exact) mass is 395 g/mol. The van der Waals surface area contributed by atoms with E-state index in [9.17, 15) is 4.79 Å². The highest BCUT2D eigenvalue weighted by Gasteiger charge is 2.26. The maximum atomic E-state index is 11.0. The van der Waals surface area contributed by atoms with Crippen LogP contribution in [0.1, 0.15) is 34.0 Å². The molecule has 0 bridgehead atoms. The van der Waals surface area contributed by atoms with E-state index in [-0.39, 0.29) is 12.3 Å². The number of aliphatic carboxylic acids is 1. The second-order valence-electron chi connectivity index (χ2n) is 6.99. The van der Waals surface area contributed by atoms with Crippen LogP contribution in [0.4, 0.5) is 0 Å². The Morgan fingerprint density at radius 1 is 1.25 bits per heavy atom. The average molecular weight is 395 g/mol. The highest BCUT2D eigenvalue weighted by atomic mass is 32.1. The average Bonchev–Trinajstić information content (AvgIpc) is 3.23. The van der Waals surface area contributed by atoms with Crippen molar-refractivity contribution in [1.82, 2.24) is 4.98 Å². The number of fused-ring (bicyclic) bond motifs is 1. The Morgan fingerprint density at radius 2 is 2.04 bits per heavy atom. The Hall–Kier alpha value is -2.86. The minimum atomic E-state index is -0.813. The third kappa shape index (κ3) is 3.87. The fourth-order valence-corrected chi connectivity index (χ4v) is 4.24. The summed E-state index contributed by atoms with van der Waals surface area (Å²) >= 11 is 1.64. The maximum Gasteiger partial charge on any atom is 0.304 e. The van der Waals surface area contributed by atoms with E-state index in [1.807, 2.05) is 25.1 Å². The van der Waals surface area contributed by atoms with Gasteiger partial charge in [0.2, 0.25) is 0 Å². The number of nitrogens with zero attached hydrogens (tertiary/aromatic N) is 1. The van der Waals surface area contributed by atoms with Crippen LogP contribution in [0.25, 0.3) is 10.6 Å². The molecule has 0 radical (unpaired) electrons. The van der Waals surface area contributed by atoms with Gasteiger partial charge in [0.05, 0.1) is 23.6 Å². The number of benzene rings is 2. The van der Waals surface area contributed by atoms with Crippen LogP contribution in [0, 0.1) is 13.8 Å². The zero-order valence-electron chi connectivity index (χ0n) is 15.8. The molecule has 0 amide bonds. The first-order valence-electron chi connectivity index (χ1n) is 9.14. The predicted molar refractivity (Wildman–Crippen MR) is 108 cm³/mol. The third-order valence-electron chi connectivity index (χ3n) is 4.85. The minimum Gasteiger partial charge on any atom is -0.492 e. The molecular formula is C22H21NO4S.